The maximum absolute atomic E-state index is 10.6. The van der Waals surface area contributed by atoms with Crippen molar-refractivity contribution in [3.8, 4) is 5.69 Å². The van der Waals surface area contributed by atoms with Crippen molar-refractivity contribution in [3.05, 3.63) is 36.2 Å². The summed E-state index contributed by atoms with van der Waals surface area (Å²) in [4.78, 5) is 10.6. The number of aromatic nitrogens is 3. The zero-order chi connectivity index (χ0) is 13.8. The van der Waals surface area contributed by atoms with Gasteiger partial charge in [-0.15, -0.1) is 10.2 Å². The Bertz CT molecular complexity index is 581. The lowest BCUT2D eigenvalue weighted by Gasteiger charge is -2.14. The summed E-state index contributed by atoms with van der Waals surface area (Å²) in [6.45, 7) is 4.24. The molecule has 5 nitrogen and oxygen atoms in total. The Labute approximate surface area is 115 Å². The molecular formula is C13H15N3O2S. The molecule has 0 aliphatic rings. The van der Waals surface area contributed by atoms with Gasteiger partial charge in [0.15, 0.2) is 5.16 Å². The Morgan fingerprint density at radius 2 is 2.16 bits per heavy atom. The molecule has 1 aromatic heterocycles. The van der Waals surface area contributed by atoms with Crippen LogP contribution < -0.4 is 0 Å². The predicted molar refractivity (Wildman–Crippen MR) is 73.8 cm³/mol. The van der Waals surface area contributed by atoms with Crippen molar-refractivity contribution in [1.82, 2.24) is 14.8 Å². The van der Waals surface area contributed by atoms with E-state index in [-0.39, 0.29) is 5.75 Å². The number of aliphatic carboxylic acids is 1. The second kappa shape index (κ2) is 5.88. The van der Waals surface area contributed by atoms with E-state index in [9.17, 15) is 4.79 Å². The molecule has 0 saturated carbocycles. The minimum atomic E-state index is -0.864. The number of thioether (sulfide) groups is 1. The van der Waals surface area contributed by atoms with Crippen LogP contribution in [0.25, 0.3) is 5.69 Å². The van der Waals surface area contributed by atoms with Gasteiger partial charge in [-0.05, 0) is 17.5 Å². The summed E-state index contributed by atoms with van der Waals surface area (Å²) in [5, 5.41) is 17.2. The fourth-order valence-electron chi connectivity index (χ4n) is 1.81. The number of carboxylic acids is 1. The summed E-state index contributed by atoms with van der Waals surface area (Å²) in [5.41, 5.74) is 2.18. The van der Waals surface area contributed by atoms with Gasteiger partial charge >= 0.3 is 5.97 Å². The minimum Gasteiger partial charge on any atom is -0.481 e. The molecular weight excluding hydrogens is 262 g/mol. The van der Waals surface area contributed by atoms with Crippen LogP contribution in [-0.2, 0) is 4.79 Å². The van der Waals surface area contributed by atoms with Crippen LogP contribution in [0.4, 0.5) is 0 Å². The van der Waals surface area contributed by atoms with Crippen molar-refractivity contribution in [1.29, 1.82) is 0 Å². The molecule has 100 valence electrons. The quantitative estimate of drug-likeness (QED) is 0.851. The van der Waals surface area contributed by atoms with E-state index in [0.29, 0.717) is 11.1 Å². The number of rotatable bonds is 5. The summed E-state index contributed by atoms with van der Waals surface area (Å²) in [5.74, 6) is -0.518. The van der Waals surface area contributed by atoms with Gasteiger partial charge in [-0.2, -0.15) is 0 Å². The van der Waals surface area contributed by atoms with Crippen LogP contribution >= 0.6 is 11.8 Å². The maximum Gasteiger partial charge on any atom is 0.313 e. The van der Waals surface area contributed by atoms with Gasteiger partial charge in [0.2, 0.25) is 0 Å². The Balaban J connectivity index is 2.37. The highest BCUT2D eigenvalue weighted by Gasteiger charge is 2.13. The third kappa shape index (κ3) is 3.14. The van der Waals surface area contributed by atoms with Crippen LogP contribution in [0.5, 0.6) is 0 Å². The number of benzene rings is 1. The molecule has 0 amide bonds. The van der Waals surface area contributed by atoms with Gasteiger partial charge in [-0.1, -0.05) is 43.8 Å². The molecule has 0 saturated heterocycles. The van der Waals surface area contributed by atoms with Crippen molar-refractivity contribution in [2.45, 2.75) is 24.9 Å². The lowest BCUT2D eigenvalue weighted by Crippen LogP contribution is -2.04. The summed E-state index contributed by atoms with van der Waals surface area (Å²) in [7, 11) is 0. The van der Waals surface area contributed by atoms with Crippen LogP contribution in [-0.4, -0.2) is 31.6 Å². The Kier molecular flexibility index (Phi) is 4.21. The number of carboxylic acid groups (broad SMARTS) is 1. The lowest BCUT2D eigenvalue weighted by atomic mass is 10.0. The van der Waals surface area contributed by atoms with Gasteiger partial charge in [0.1, 0.15) is 6.33 Å². The molecule has 0 spiro atoms. The fraction of sp³-hybridized carbons (Fsp3) is 0.308. The van der Waals surface area contributed by atoms with Crippen molar-refractivity contribution in [2.75, 3.05) is 5.75 Å². The monoisotopic (exact) mass is 277 g/mol. The highest BCUT2D eigenvalue weighted by atomic mass is 32.2. The first kappa shape index (κ1) is 13.6. The van der Waals surface area contributed by atoms with Crippen molar-refractivity contribution < 1.29 is 9.90 Å². The largest absolute Gasteiger partial charge is 0.481 e. The SMILES string of the molecule is CC(C)c1ccccc1-n1cnnc1SCC(=O)O. The fourth-order valence-corrected chi connectivity index (χ4v) is 2.45. The van der Waals surface area contributed by atoms with Crippen molar-refractivity contribution in [2.24, 2.45) is 0 Å². The molecule has 0 radical (unpaired) electrons. The molecule has 0 aliphatic carbocycles. The number of para-hydroxylation sites is 1. The minimum absolute atomic E-state index is 0.0253. The van der Waals surface area contributed by atoms with Gasteiger partial charge in [-0.25, -0.2) is 0 Å². The first-order chi connectivity index (χ1) is 9.09. The molecule has 2 aromatic rings. The average Bonchev–Trinajstić information content (AvgIpc) is 2.84. The molecule has 1 aromatic carbocycles. The van der Waals surface area contributed by atoms with E-state index in [1.54, 1.807) is 6.33 Å². The average molecular weight is 277 g/mol. The lowest BCUT2D eigenvalue weighted by molar-refractivity contribution is -0.133. The smallest absolute Gasteiger partial charge is 0.313 e. The number of carbonyl (C=O) groups is 1. The van der Waals surface area contributed by atoms with Crippen LogP contribution in [0, 0.1) is 0 Å². The summed E-state index contributed by atoms with van der Waals surface area (Å²) < 4.78 is 1.84. The molecule has 0 bridgehead atoms. The van der Waals surface area contributed by atoms with Crippen molar-refractivity contribution in [3.63, 3.8) is 0 Å². The topological polar surface area (TPSA) is 68.0 Å². The van der Waals surface area contributed by atoms with Crippen molar-refractivity contribution >= 4 is 17.7 Å². The Morgan fingerprint density at radius 1 is 1.42 bits per heavy atom. The molecule has 1 N–H and O–H groups in total. The second-order valence-electron chi connectivity index (χ2n) is 4.38. The molecule has 0 aliphatic heterocycles. The molecule has 19 heavy (non-hydrogen) atoms. The Morgan fingerprint density at radius 3 is 2.84 bits per heavy atom. The normalized spacial score (nSPS) is 10.9. The van der Waals surface area contributed by atoms with Gasteiger partial charge in [0.25, 0.3) is 0 Å². The van der Waals surface area contributed by atoms with Gasteiger partial charge in [0.05, 0.1) is 11.4 Å². The van der Waals surface area contributed by atoms with Gasteiger partial charge in [0, 0.05) is 0 Å². The van der Waals surface area contributed by atoms with E-state index < -0.39 is 5.97 Å². The first-order valence-electron chi connectivity index (χ1n) is 5.93. The molecule has 0 atom stereocenters. The zero-order valence-electron chi connectivity index (χ0n) is 10.8. The van der Waals surface area contributed by atoms with Crippen LogP contribution in [0.15, 0.2) is 35.7 Å². The summed E-state index contributed by atoms with van der Waals surface area (Å²) in [6, 6.07) is 8.00. The molecule has 0 unspecified atom stereocenters. The van der Waals surface area contributed by atoms with E-state index in [1.165, 1.54) is 17.3 Å². The van der Waals surface area contributed by atoms with E-state index >= 15 is 0 Å². The van der Waals surface area contributed by atoms with Crippen LogP contribution in [0.3, 0.4) is 0 Å². The van der Waals surface area contributed by atoms with E-state index in [2.05, 4.69) is 30.1 Å². The maximum atomic E-state index is 10.6. The van der Waals surface area contributed by atoms with E-state index in [0.717, 1.165) is 5.69 Å². The standard InChI is InChI=1S/C13H15N3O2S/c1-9(2)10-5-3-4-6-11(10)16-8-14-15-13(16)19-7-12(17)18/h3-6,8-9H,7H2,1-2H3,(H,17,18). The molecule has 6 heteroatoms. The second-order valence-corrected chi connectivity index (χ2v) is 5.32. The van der Waals surface area contributed by atoms with E-state index in [1.807, 2.05) is 22.8 Å². The van der Waals surface area contributed by atoms with Gasteiger partial charge in [-0.3, -0.25) is 9.36 Å². The third-order valence-corrected chi connectivity index (χ3v) is 3.59. The molecule has 2 rings (SSSR count). The highest BCUT2D eigenvalue weighted by molar-refractivity contribution is 7.99. The number of hydrogen-bond acceptors (Lipinski definition) is 4. The first-order valence-corrected chi connectivity index (χ1v) is 6.92. The molecule has 0 fully saturated rings. The third-order valence-electron chi connectivity index (χ3n) is 2.66. The summed E-state index contributed by atoms with van der Waals surface area (Å²) >= 11 is 1.17. The zero-order valence-corrected chi connectivity index (χ0v) is 11.6. The Hall–Kier alpha value is -1.82. The number of nitrogens with zero attached hydrogens (tertiary/aromatic N) is 3. The molecule has 1 heterocycles. The van der Waals surface area contributed by atoms with E-state index in [4.69, 9.17) is 5.11 Å². The predicted octanol–water partition coefficient (Wildman–Crippen LogP) is 2.57. The summed E-state index contributed by atoms with van der Waals surface area (Å²) in [6.07, 6.45) is 1.62. The van der Waals surface area contributed by atoms with Crippen LogP contribution in [0.2, 0.25) is 0 Å². The van der Waals surface area contributed by atoms with Crippen LogP contribution in [0.1, 0.15) is 25.3 Å². The number of hydrogen-bond donors (Lipinski definition) is 1. The highest BCUT2D eigenvalue weighted by Crippen LogP contribution is 2.26. The van der Waals surface area contributed by atoms with Gasteiger partial charge < -0.3 is 5.11 Å².